The number of hydrogen-bond donors (Lipinski definition) is 1. The van der Waals surface area contributed by atoms with E-state index in [0.29, 0.717) is 24.8 Å². The molecule has 2 N–H and O–H groups in total. The van der Waals surface area contributed by atoms with Crippen LogP contribution < -0.4 is 5.73 Å². The molecule has 5 nitrogen and oxygen atoms in total. The SMILES string of the molecule is CC1(C(=O)N2CCC(c3ccccc3)(c3csc(N)n3)CC2)CCCCO1. The van der Waals surface area contributed by atoms with Crippen LogP contribution in [0.4, 0.5) is 5.13 Å². The standard InChI is InChI=1S/C21H27N3O2S/c1-20(9-5-6-14-26-20)18(25)24-12-10-21(11-13-24,16-7-3-2-4-8-16)17-15-27-19(22)23-17/h2-4,7-8,15H,5-6,9-14H2,1H3,(H2,22,23). The Morgan fingerprint density at radius 2 is 1.93 bits per heavy atom. The van der Waals surface area contributed by atoms with Gasteiger partial charge in [0.25, 0.3) is 5.91 Å². The largest absolute Gasteiger partial charge is 0.375 e. The van der Waals surface area contributed by atoms with Crippen LogP contribution in [0.3, 0.4) is 0 Å². The predicted molar refractivity (Wildman–Crippen MR) is 108 cm³/mol. The Balaban J connectivity index is 1.58. The number of nitrogens with two attached hydrogens (primary N) is 1. The Hall–Kier alpha value is -1.92. The number of carbonyl (C=O) groups is 1. The number of anilines is 1. The Bertz CT molecular complexity index is 791. The van der Waals surface area contributed by atoms with Crippen molar-refractivity contribution in [2.24, 2.45) is 0 Å². The van der Waals surface area contributed by atoms with Gasteiger partial charge in [-0.3, -0.25) is 4.79 Å². The summed E-state index contributed by atoms with van der Waals surface area (Å²) in [4.78, 5) is 19.7. The zero-order valence-corrected chi connectivity index (χ0v) is 16.6. The van der Waals surface area contributed by atoms with E-state index in [0.717, 1.165) is 37.8 Å². The van der Waals surface area contributed by atoms with Crippen LogP contribution >= 0.6 is 11.3 Å². The van der Waals surface area contributed by atoms with Crippen LogP contribution in [0.1, 0.15) is 50.3 Å². The van der Waals surface area contributed by atoms with Gasteiger partial charge < -0.3 is 15.4 Å². The van der Waals surface area contributed by atoms with E-state index in [1.807, 2.05) is 17.9 Å². The molecule has 0 bridgehead atoms. The normalized spacial score (nSPS) is 25.3. The van der Waals surface area contributed by atoms with Crippen molar-refractivity contribution in [3.8, 4) is 0 Å². The fourth-order valence-electron chi connectivity index (χ4n) is 4.49. The van der Waals surface area contributed by atoms with E-state index in [1.54, 1.807) is 0 Å². The van der Waals surface area contributed by atoms with E-state index in [9.17, 15) is 4.79 Å². The number of benzene rings is 1. The van der Waals surface area contributed by atoms with E-state index in [-0.39, 0.29) is 11.3 Å². The lowest BCUT2D eigenvalue weighted by atomic mass is 9.70. The fourth-order valence-corrected chi connectivity index (χ4v) is 5.15. The Labute approximate surface area is 164 Å². The summed E-state index contributed by atoms with van der Waals surface area (Å²) < 4.78 is 5.89. The molecule has 1 aromatic carbocycles. The van der Waals surface area contributed by atoms with Crippen LogP contribution in [0.2, 0.25) is 0 Å². The Morgan fingerprint density at radius 1 is 1.19 bits per heavy atom. The average Bonchev–Trinajstić information content (AvgIpc) is 3.15. The minimum absolute atomic E-state index is 0.140. The first-order valence-electron chi connectivity index (χ1n) is 9.74. The molecule has 6 heteroatoms. The van der Waals surface area contributed by atoms with E-state index in [4.69, 9.17) is 10.5 Å². The summed E-state index contributed by atoms with van der Waals surface area (Å²) in [6.07, 6.45) is 4.62. The van der Waals surface area contributed by atoms with Crippen molar-refractivity contribution in [3.63, 3.8) is 0 Å². The van der Waals surface area contributed by atoms with Gasteiger partial charge in [0.1, 0.15) is 5.60 Å². The highest BCUT2D eigenvalue weighted by atomic mass is 32.1. The number of nitrogens with zero attached hydrogens (tertiary/aromatic N) is 2. The zero-order valence-electron chi connectivity index (χ0n) is 15.8. The minimum atomic E-state index is -0.657. The lowest BCUT2D eigenvalue weighted by molar-refractivity contribution is -0.163. The van der Waals surface area contributed by atoms with Crippen LogP contribution in [0.15, 0.2) is 35.7 Å². The summed E-state index contributed by atoms with van der Waals surface area (Å²) in [5.74, 6) is 0.140. The number of carbonyl (C=O) groups excluding carboxylic acids is 1. The first-order chi connectivity index (χ1) is 13.0. The number of rotatable bonds is 3. The maximum absolute atomic E-state index is 13.1. The summed E-state index contributed by atoms with van der Waals surface area (Å²) >= 11 is 1.49. The highest BCUT2D eigenvalue weighted by molar-refractivity contribution is 7.13. The van der Waals surface area contributed by atoms with Crippen LogP contribution in [0, 0.1) is 0 Å². The number of likely N-dealkylation sites (tertiary alicyclic amines) is 1. The summed E-state index contributed by atoms with van der Waals surface area (Å²) in [6, 6.07) is 10.5. The summed E-state index contributed by atoms with van der Waals surface area (Å²) in [5.41, 5.74) is 7.39. The van der Waals surface area contributed by atoms with Crippen LogP contribution in [0.25, 0.3) is 0 Å². The molecule has 144 valence electrons. The van der Waals surface area contributed by atoms with E-state index >= 15 is 0 Å². The van der Waals surface area contributed by atoms with Crippen LogP contribution in [-0.2, 0) is 14.9 Å². The van der Waals surface area contributed by atoms with Crippen molar-refractivity contribution in [1.82, 2.24) is 9.88 Å². The van der Waals surface area contributed by atoms with Crippen LogP contribution in [0.5, 0.6) is 0 Å². The number of aromatic nitrogens is 1. The smallest absolute Gasteiger partial charge is 0.254 e. The minimum Gasteiger partial charge on any atom is -0.375 e. The molecule has 1 atom stereocenters. The molecular formula is C21H27N3O2S. The number of nitrogen functional groups attached to an aromatic ring is 1. The lowest BCUT2D eigenvalue weighted by Gasteiger charge is -2.44. The third-order valence-electron chi connectivity index (χ3n) is 6.16. The molecule has 1 aromatic heterocycles. The van der Waals surface area contributed by atoms with Crippen molar-refractivity contribution < 1.29 is 9.53 Å². The molecule has 0 spiro atoms. The van der Waals surface area contributed by atoms with E-state index in [2.05, 4.69) is 34.6 Å². The second-order valence-corrected chi connectivity index (χ2v) is 8.74. The Kier molecular flexibility index (Phi) is 4.95. The number of ether oxygens (including phenoxy) is 1. The highest BCUT2D eigenvalue weighted by Gasteiger charge is 2.45. The van der Waals surface area contributed by atoms with E-state index in [1.165, 1.54) is 16.9 Å². The van der Waals surface area contributed by atoms with Gasteiger partial charge in [-0.05, 0) is 44.6 Å². The quantitative estimate of drug-likeness (QED) is 0.877. The lowest BCUT2D eigenvalue weighted by Crippen LogP contribution is -2.54. The van der Waals surface area contributed by atoms with Gasteiger partial charge in [0.05, 0.1) is 5.69 Å². The molecule has 27 heavy (non-hydrogen) atoms. The van der Waals surface area contributed by atoms with Gasteiger partial charge in [0.15, 0.2) is 5.13 Å². The monoisotopic (exact) mass is 385 g/mol. The second-order valence-electron chi connectivity index (χ2n) is 7.85. The molecule has 1 amide bonds. The molecule has 1 unspecified atom stereocenters. The van der Waals surface area contributed by atoms with Gasteiger partial charge in [-0.2, -0.15) is 0 Å². The maximum Gasteiger partial charge on any atom is 0.254 e. The second kappa shape index (κ2) is 7.24. The first kappa shape index (κ1) is 18.4. The Morgan fingerprint density at radius 3 is 2.52 bits per heavy atom. The number of thiazole rings is 1. The molecule has 4 rings (SSSR count). The summed E-state index contributed by atoms with van der Waals surface area (Å²) in [6.45, 7) is 4.06. The van der Waals surface area contributed by atoms with Gasteiger partial charge in [0, 0.05) is 30.5 Å². The highest BCUT2D eigenvalue weighted by Crippen LogP contribution is 2.43. The molecule has 2 saturated heterocycles. The molecule has 2 aromatic rings. The average molecular weight is 386 g/mol. The molecule has 3 heterocycles. The number of piperidine rings is 1. The van der Waals surface area contributed by atoms with Crippen LogP contribution in [-0.4, -0.2) is 41.1 Å². The van der Waals surface area contributed by atoms with Crippen molar-refractivity contribution in [2.75, 3.05) is 25.4 Å². The topological polar surface area (TPSA) is 68.5 Å². The van der Waals surface area contributed by atoms with Gasteiger partial charge in [-0.15, -0.1) is 11.3 Å². The van der Waals surface area contributed by atoms with Gasteiger partial charge in [0.2, 0.25) is 0 Å². The molecule has 2 aliphatic heterocycles. The molecule has 0 saturated carbocycles. The predicted octanol–water partition coefficient (Wildman–Crippen LogP) is 3.59. The number of amides is 1. The molecular weight excluding hydrogens is 358 g/mol. The van der Waals surface area contributed by atoms with Gasteiger partial charge in [-0.1, -0.05) is 30.3 Å². The fraction of sp³-hybridized carbons (Fsp3) is 0.524. The third-order valence-corrected chi connectivity index (χ3v) is 6.84. The van der Waals surface area contributed by atoms with Crippen molar-refractivity contribution >= 4 is 22.4 Å². The van der Waals surface area contributed by atoms with E-state index < -0.39 is 5.60 Å². The van der Waals surface area contributed by atoms with Crippen molar-refractivity contribution in [2.45, 2.75) is 50.0 Å². The van der Waals surface area contributed by atoms with Gasteiger partial charge >= 0.3 is 0 Å². The number of hydrogen-bond acceptors (Lipinski definition) is 5. The van der Waals surface area contributed by atoms with Gasteiger partial charge in [-0.25, -0.2) is 4.98 Å². The first-order valence-corrected chi connectivity index (χ1v) is 10.6. The molecule has 0 radical (unpaired) electrons. The third kappa shape index (κ3) is 3.36. The summed E-state index contributed by atoms with van der Waals surface area (Å²) in [7, 11) is 0. The zero-order chi connectivity index (χ0) is 18.9. The molecule has 0 aliphatic carbocycles. The van der Waals surface area contributed by atoms with Crippen molar-refractivity contribution in [1.29, 1.82) is 0 Å². The summed E-state index contributed by atoms with van der Waals surface area (Å²) in [5, 5.41) is 2.67. The molecule has 2 aliphatic rings. The van der Waals surface area contributed by atoms with Crippen molar-refractivity contribution in [3.05, 3.63) is 47.0 Å². The molecule has 2 fully saturated rings. The maximum atomic E-state index is 13.1.